The molecule has 0 radical (unpaired) electrons. The second-order valence-electron chi connectivity index (χ2n) is 5.04. The first kappa shape index (κ1) is 19.6. The van der Waals surface area contributed by atoms with E-state index in [1.165, 1.54) is 0 Å². The van der Waals surface area contributed by atoms with Crippen molar-refractivity contribution in [2.75, 3.05) is 6.61 Å². The van der Waals surface area contributed by atoms with E-state index in [-0.39, 0.29) is 16.9 Å². The summed E-state index contributed by atoms with van der Waals surface area (Å²) in [5, 5.41) is 2.58. The standard InChI is InChI=1S/C17H23N3O3S/c1-3-5-6-7-15(21)18-17(24)20-19-16(22)13-8-10-14(11-9-13)23-12-4-2/h4,8-11H,2-3,5-7,12H2,1H3,(H,19,22)(H2,18,20,21,24). The molecule has 0 spiro atoms. The first-order valence-corrected chi connectivity index (χ1v) is 8.21. The molecule has 1 aromatic carbocycles. The Morgan fingerprint density at radius 1 is 1.21 bits per heavy atom. The minimum atomic E-state index is -0.368. The largest absolute Gasteiger partial charge is 0.490 e. The van der Waals surface area contributed by atoms with Crippen molar-refractivity contribution in [1.82, 2.24) is 16.2 Å². The van der Waals surface area contributed by atoms with E-state index in [1.54, 1.807) is 30.3 Å². The molecule has 0 fully saturated rings. The molecule has 2 amide bonds. The average molecular weight is 349 g/mol. The van der Waals surface area contributed by atoms with Crippen molar-refractivity contribution in [1.29, 1.82) is 0 Å². The molecule has 6 nitrogen and oxygen atoms in total. The van der Waals surface area contributed by atoms with Crippen LogP contribution >= 0.6 is 12.2 Å². The third kappa shape index (κ3) is 7.73. The lowest BCUT2D eigenvalue weighted by Gasteiger charge is -2.11. The molecule has 0 aliphatic heterocycles. The number of benzene rings is 1. The number of rotatable bonds is 8. The molecule has 24 heavy (non-hydrogen) atoms. The number of hydrazine groups is 1. The van der Waals surface area contributed by atoms with Gasteiger partial charge in [0.25, 0.3) is 5.91 Å². The third-order valence-electron chi connectivity index (χ3n) is 3.03. The van der Waals surface area contributed by atoms with Crippen molar-refractivity contribution < 1.29 is 14.3 Å². The number of hydrogen-bond donors (Lipinski definition) is 3. The van der Waals surface area contributed by atoms with E-state index < -0.39 is 0 Å². The molecule has 7 heteroatoms. The van der Waals surface area contributed by atoms with Gasteiger partial charge in [0.1, 0.15) is 12.4 Å². The van der Waals surface area contributed by atoms with E-state index in [9.17, 15) is 9.59 Å². The summed E-state index contributed by atoms with van der Waals surface area (Å²) in [5.41, 5.74) is 5.37. The number of thiocarbonyl (C=S) groups is 1. The molecule has 0 unspecified atom stereocenters. The number of nitrogens with one attached hydrogen (secondary N) is 3. The Balaban J connectivity index is 2.35. The molecular weight excluding hydrogens is 326 g/mol. The summed E-state index contributed by atoms with van der Waals surface area (Å²) >= 11 is 4.96. The first-order valence-electron chi connectivity index (χ1n) is 7.80. The lowest BCUT2D eigenvalue weighted by atomic mass is 10.2. The average Bonchev–Trinajstić information content (AvgIpc) is 2.58. The van der Waals surface area contributed by atoms with Gasteiger partial charge in [-0.15, -0.1) is 0 Å². The molecule has 0 atom stereocenters. The van der Waals surface area contributed by atoms with E-state index in [4.69, 9.17) is 17.0 Å². The van der Waals surface area contributed by atoms with E-state index in [0.29, 0.717) is 24.3 Å². The minimum Gasteiger partial charge on any atom is -0.490 e. The van der Waals surface area contributed by atoms with Gasteiger partial charge in [-0.1, -0.05) is 32.4 Å². The van der Waals surface area contributed by atoms with Gasteiger partial charge in [-0.25, -0.2) is 0 Å². The van der Waals surface area contributed by atoms with E-state index >= 15 is 0 Å². The van der Waals surface area contributed by atoms with Gasteiger partial charge >= 0.3 is 0 Å². The Labute approximate surface area is 147 Å². The maximum atomic E-state index is 12.0. The van der Waals surface area contributed by atoms with Crippen LogP contribution in [0.15, 0.2) is 36.9 Å². The molecule has 1 aromatic rings. The number of unbranched alkanes of at least 4 members (excludes halogenated alkanes) is 2. The van der Waals surface area contributed by atoms with Crippen molar-refractivity contribution >= 4 is 29.1 Å². The predicted molar refractivity (Wildman–Crippen MR) is 97.6 cm³/mol. The zero-order chi connectivity index (χ0) is 17.8. The number of hydrogen-bond acceptors (Lipinski definition) is 4. The van der Waals surface area contributed by atoms with Crippen LogP contribution in [0.4, 0.5) is 0 Å². The molecule has 1 rings (SSSR count). The van der Waals surface area contributed by atoms with Gasteiger partial charge in [0.2, 0.25) is 5.91 Å². The van der Waals surface area contributed by atoms with Gasteiger partial charge in [-0.2, -0.15) is 0 Å². The zero-order valence-corrected chi connectivity index (χ0v) is 14.6. The van der Waals surface area contributed by atoms with E-state index in [2.05, 4.69) is 29.7 Å². The molecule has 0 saturated heterocycles. The summed E-state index contributed by atoms with van der Waals surface area (Å²) in [4.78, 5) is 23.6. The third-order valence-corrected chi connectivity index (χ3v) is 3.24. The Morgan fingerprint density at radius 3 is 2.54 bits per heavy atom. The lowest BCUT2D eigenvalue weighted by Crippen LogP contribution is -2.48. The summed E-state index contributed by atoms with van der Waals surface area (Å²) < 4.78 is 5.34. The Kier molecular flexibility index (Phi) is 9.14. The molecule has 0 bridgehead atoms. The Morgan fingerprint density at radius 2 is 1.92 bits per heavy atom. The van der Waals surface area contributed by atoms with Crippen molar-refractivity contribution in [2.24, 2.45) is 0 Å². The van der Waals surface area contributed by atoms with Gasteiger partial charge in [-0.05, 0) is 42.9 Å². The number of amides is 2. The van der Waals surface area contributed by atoms with Crippen molar-refractivity contribution in [3.8, 4) is 5.75 Å². The van der Waals surface area contributed by atoms with Crippen molar-refractivity contribution in [3.05, 3.63) is 42.5 Å². The molecule has 0 aromatic heterocycles. The number of carbonyl (C=O) groups is 2. The second-order valence-corrected chi connectivity index (χ2v) is 5.45. The summed E-state index contributed by atoms with van der Waals surface area (Å²) in [6.45, 7) is 6.03. The number of carbonyl (C=O) groups excluding carboxylic acids is 2. The summed E-state index contributed by atoms with van der Waals surface area (Å²) in [7, 11) is 0. The maximum absolute atomic E-state index is 12.0. The van der Waals surface area contributed by atoms with Crippen molar-refractivity contribution in [3.63, 3.8) is 0 Å². The molecular formula is C17H23N3O3S. The van der Waals surface area contributed by atoms with Crippen LogP contribution in [0.1, 0.15) is 43.0 Å². The molecule has 0 aliphatic rings. The van der Waals surface area contributed by atoms with Crippen LogP contribution in [-0.2, 0) is 4.79 Å². The highest BCUT2D eigenvalue weighted by Crippen LogP contribution is 2.11. The summed E-state index contributed by atoms with van der Waals surface area (Å²) in [6, 6.07) is 6.63. The van der Waals surface area contributed by atoms with Gasteiger partial charge in [0.15, 0.2) is 5.11 Å². The molecule has 3 N–H and O–H groups in total. The summed E-state index contributed by atoms with van der Waals surface area (Å²) in [5.74, 6) is 0.112. The fourth-order valence-corrected chi connectivity index (χ4v) is 1.96. The fourth-order valence-electron chi connectivity index (χ4n) is 1.80. The fraction of sp³-hybridized carbons (Fsp3) is 0.353. The van der Waals surface area contributed by atoms with Crippen LogP contribution in [-0.4, -0.2) is 23.5 Å². The van der Waals surface area contributed by atoms with Crippen LogP contribution < -0.4 is 20.9 Å². The maximum Gasteiger partial charge on any atom is 0.269 e. The van der Waals surface area contributed by atoms with Crippen LogP contribution in [0.2, 0.25) is 0 Å². The molecule has 0 aliphatic carbocycles. The highest BCUT2D eigenvalue weighted by molar-refractivity contribution is 7.80. The Hall–Kier alpha value is -2.41. The Bertz CT molecular complexity index is 573. The van der Waals surface area contributed by atoms with Gasteiger partial charge in [-0.3, -0.25) is 20.4 Å². The number of ether oxygens (including phenoxy) is 1. The normalized spacial score (nSPS) is 9.71. The topological polar surface area (TPSA) is 79.5 Å². The molecule has 130 valence electrons. The van der Waals surface area contributed by atoms with Crippen LogP contribution in [0.3, 0.4) is 0 Å². The first-order chi connectivity index (χ1) is 11.6. The monoisotopic (exact) mass is 349 g/mol. The van der Waals surface area contributed by atoms with E-state index in [1.807, 2.05) is 0 Å². The minimum absolute atomic E-state index is 0.0655. The van der Waals surface area contributed by atoms with Gasteiger partial charge < -0.3 is 10.1 Å². The van der Waals surface area contributed by atoms with Crippen LogP contribution in [0.5, 0.6) is 5.75 Å². The highest BCUT2D eigenvalue weighted by atomic mass is 32.1. The highest BCUT2D eigenvalue weighted by Gasteiger charge is 2.08. The molecule has 0 saturated carbocycles. The quantitative estimate of drug-likeness (QED) is 0.291. The summed E-state index contributed by atoms with van der Waals surface area (Å²) in [6.07, 6.45) is 4.91. The SMILES string of the molecule is C=CCOc1ccc(C(=O)NNC(=S)NC(=O)CCCCC)cc1. The zero-order valence-electron chi connectivity index (χ0n) is 13.8. The predicted octanol–water partition coefficient (Wildman–Crippen LogP) is 2.47. The lowest BCUT2D eigenvalue weighted by molar-refractivity contribution is -0.119. The van der Waals surface area contributed by atoms with Crippen LogP contribution in [0.25, 0.3) is 0 Å². The second kappa shape index (κ2) is 11.2. The van der Waals surface area contributed by atoms with Crippen molar-refractivity contribution in [2.45, 2.75) is 32.6 Å². The van der Waals surface area contributed by atoms with E-state index in [0.717, 1.165) is 19.3 Å². The molecule has 0 heterocycles. The van der Waals surface area contributed by atoms with Gasteiger partial charge in [0.05, 0.1) is 0 Å². The smallest absolute Gasteiger partial charge is 0.269 e. The van der Waals surface area contributed by atoms with Crippen LogP contribution in [0, 0.1) is 0 Å². The van der Waals surface area contributed by atoms with Gasteiger partial charge in [0, 0.05) is 12.0 Å².